The van der Waals surface area contributed by atoms with E-state index in [2.05, 4.69) is 36.7 Å². The number of H-pyrrole nitrogens is 1. The number of amides is 1. The van der Waals surface area contributed by atoms with Crippen molar-refractivity contribution in [3.05, 3.63) is 63.6 Å². The van der Waals surface area contributed by atoms with Gasteiger partial charge in [-0.15, -0.1) is 11.3 Å². The summed E-state index contributed by atoms with van der Waals surface area (Å²) in [5, 5.41) is 10.8. The first-order chi connectivity index (χ1) is 12.7. The van der Waals surface area contributed by atoms with Crippen LogP contribution in [-0.4, -0.2) is 29.4 Å². The molecular weight excluding hydrogens is 416 g/mol. The second-order valence-electron chi connectivity index (χ2n) is 5.09. The van der Waals surface area contributed by atoms with Crippen LogP contribution in [0, 0.1) is 0 Å². The van der Waals surface area contributed by atoms with Crippen molar-refractivity contribution in [1.29, 1.82) is 0 Å². The fourth-order valence-electron chi connectivity index (χ4n) is 2.17. The van der Waals surface area contributed by atoms with Gasteiger partial charge in [0.15, 0.2) is 5.69 Å². The minimum Gasteiger partial charge on any atom is -0.496 e. The van der Waals surface area contributed by atoms with Crippen molar-refractivity contribution in [3.63, 3.8) is 0 Å². The first kappa shape index (κ1) is 18.1. The van der Waals surface area contributed by atoms with Crippen molar-refractivity contribution in [3.8, 4) is 16.3 Å². The minimum atomic E-state index is -0.384. The van der Waals surface area contributed by atoms with Crippen molar-refractivity contribution in [2.45, 2.75) is 0 Å². The van der Waals surface area contributed by atoms with Crippen molar-refractivity contribution in [2.75, 3.05) is 7.11 Å². The van der Waals surface area contributed by atoms with Crippen LogP contribution in [-0.2, 0) is 0 Å². The zero-order valence-electron chi connectivity index (χ0n) is 13.8. The number of hydrogen-bond acceptors (Lipinski definition) is 5. The van der Waals surface area contributed by atoms with Crippen LogP contribution in [0.2, 0.25) is 0 Å². The molecule has 0 spiro atoms. The third kappa shape index (κ3) is 4.47. The van der Waals surface area contributed by atoms with E-state index in [9.17, 15) is 4.79 Å². The average molecular weight is 431 g/mol. The number of benzene rings is 1. The Balaban J connectivity index is 1.58. The van der Waals surface area contributed by atoms with Crippen LogP contribution in [0.3, 0.4) is 0 Å². The van der Waals surface area contributed by atoms with E-state index < -0.39 is 0 Å². The molecule has 0 fully saturated rings. The SMILES string of the molecule is COc1ccccc1/C=C/C=N/NC(=O)c1cc(-c2ccc(Br)s2)[nH]n1. The predicted octanol–water partition coefficient (Wildman–Crippen LogP) is 4.34. The molecule has 3 rings (SSSR count). The van der Waals surface area contributed by atoms with E-state index in [1.54, 1.807) is 30.6 Å². The number of nitrogens with zero attached hydrogens (tertiary/aromatic N) is 2. The Kier molecular flexibility index (Phi) is 5.98. The molecule has 0 radical (unpaired) electrons. The number of rotatable bonds is 6. The lowest BCUT2D eigenvalue weighted by atomic mass is 10.2. The highest BCUT2D eigenvalue weighted by atomic mass is 79.9. The molecule has 8 heteroatoms. The Labute approximate surface area is 162 Å². The summed E-state index contributed by atoms with van der Waals surface area (Å²) >= 11 is 4.97. The zero-order valence-corrected chi connectivity index (χ0v) is 16.2. The van der Waals surface area contributed by atoms with Crippen LogP contribution >= 0.6 is 27.3 Å². The number of para-hydroxylation sites is 1. The number of thiophene rings is 1. The Morgan fingerprint density at radius 3 is 2.96 bits per heavy atom. The third-order valence-corrected chi connectivity index (χ3v) is 5.05. The standard InChI is InChI=1S/C18H15BrN4O2S/c1-25-15-7-3-2-5-12(15)6-4-10-20-23-18(24)14-11-13(21-22-14)16-8-9-17(19)26-16/h2-11H,1H3,(H,21,22)(H,23,24)/b6-4+,20-10+. The van der Waals surface area contributed by atoms with Crippen LogP contribution in [0.4, 0.5) is 0 Å². The number of hydrogen-bond donors (Lipinski definition) is 2. The van der Waals surface area contributed by atoms with Gasteiger partial charge in [-0.05, 0) is 52.3 Å². The number of aromatic nitrogens is 2. The van der Waals surface area contributed by atoms with E-state index >= 15 is 0 Å². The smallest absolute Gasteiger partial charge is 0.291 e. The number of carbonyl (C=O) groups is 1. The van der Waals surface area contributed by atoms with Gasteiger partial charge in [0.2, 0.25) is 0 Å². The highest BCUT2D eigenvalue weighted by Crippen LogP contribution is 2.30. The lowest BCUT2D eigenvalue weighted by Crippen LogP contribution is -2.17. The first-order valence-electron chi connectivity index (χ1n) is 7.61. The summed E-state index contributed by atoms with van der Waals surface area (Å²) in [5.41, 5.74) is 4.42. The van der Waals surface area contributed by atoms with Crippen molar-refractivity contribution < 1.29 is 9.53 Å². The van der Waals surface area contributed by atoms with E-state index in [0.29, 0.717) is 0 Å². The monoisotopic (exact) mass is 430 g/mol. The van der Waals surface area contributed by atoms with Crippen LogP contribution in [0.15, 0.2) is 57.4 Å². The maximum atomic E-state index is 12.1. The summed E-state index contributed by atoms with van der Waals surface area (Å²) in [5.74, 6) is 0.385. The van der Waals surface area contributed by atoms with Crippen LogP contribution in [0.1, 0.15) is 16.1 Å². The summed E-state index contributed by atoms with van der Waals surface area (Å²) in [4.78, 5) is 13.1. The fraction of sp³-hybridized carbons (Fsp3) is 0.0556. The van der Waals surface area contributed by atoms with Gasteiger partial charge in [-0.25, -0.2) is 5.43 Å². The molecule has 0 aliphatic carbocycles. The van der Waals surface area contributed by atoms with Crippen molar-refractivity contribution in [1.82, 2.24) is 15.6 Å². The Hall–Kier alpha value is -2.71. The number of nitrogens with one attached hydrogen (secondary N) is 2. The molecule has 6 nitrogen and oxygen atoms in total. The molecule has 1 amide bonds. The lowest BCUT2D eigenvalue weighted by molar-refractivity contribution is 0.0950. The minimum absolute atomic E-state index is 0.274. The molecule has 0 unspecified atom stereocenters. The summed E-state index contributed by atoms with van der Waals surface area (Å²) in [7, 11) is 1.62. The Bertz CT molecular complexity index is 962. The second kappa shape index (κ2) is 8.59. The molecule has 2 heterocycles. The van der Waals surface area contributed by atoms with Gasteiger partial charge in [0.1, 0.15) is 5.75 Å². The maximum absolute atomic E-state index is 12.1. The number of ether oxygens (including phenoxy) is 1. The van der Waals surface area contributed by atoms with Gasteiger partial charge < -0.3 is 4.74 Å². The van der Waals surface area contributed by atoms with E-state index in [0.717, 1.165) is 25.7 Å². The van der Waals surface area contributed by atoms with Crippen molar-refractivity contribution in [2.24, 2.45) is 5.10 Å². The molecule has 0 saturated heterocycles. The van der Waals surface area contributed by atoms with Gasteiger partial charge in [0.25, 0.3) is 5.91 Å². The van der Waals surface area contributed by atoms with Gasteiger partial charge in [0.05, 0.1) is 21.5 Å². The van der Waals surface area contributed by atoms with Gasteiger partial charge >= 0.3 is 0 Å². The molecule has 26 heavy (non-hydrogen) atoms. The average Bonchev–Trinajstić information content (AvgIpc) is 3.30. The third-order valence-electron chi connectivity index (χ3n) is 3.39. The summed E-state index contributed by atoms with van der Waals surface area (Å²) < 4.78 is 6.27. The molecule has 0 saturated carbocycles. The molecule has 0 atom stereocenters. The van der Waals surface area contributed by atoms with E-state index in [1.807, 2.05) is 42.5 Å². The highest BCUT2D eigenvalue weighted by molar-refractivity contribution is 9.11. The number of carbonyl (C=O) groups excluding carboxylic acids is 1. The Morgan fingerprint density at radius 2 is 2.19 bits per heavy atom. The molecule has 2 N–H and O–H groups in total. The molecule has 3 aromatic rings. The van der Waals surface area contributed by atoms with Crippen LogP contribution < -0.4 is 10.2 Å². The van der Waals surface area contributed by atoms with Gasteiger partial charge in [0, 0.05) is 11.8 Å². The molecule has 0 aliphatic rings. The maximum Gasteiger partial charge on any atom is 0.291 e. The zero-order chi connectivity index (χ0) is 18.4. The van der Waals surface area contributed by atoms with Gasteiger partial charge in [-0.1, -0.05) is 18.2 Å². The number of methoxy groups -OCH3 is 1. The molecule has 0 aliphatic heterocycles. The van der Waals surface area contributed by atoms with Crippen molar-refractivity contribution >= 4 is 45.5 Å². The normalized spacial score (nSPS) is 11.3. The number of allylic oxidation sites excluding steroid dienone is 1. The number of aromatic amines is 1. The lowest BCUT2D eigenvalue weighted by Gasteiger charge is -2.02. The molecule has 0 bridgehead atoms. The summed E-state index contributed by atoms with van der Waals surface area (Å²) in [6.45, 7) is 0. The van der Waals surface area contributed by atoms with Gasteiger partial charge in [-0.2, -0.15) is 10.2 Å². The summed E-state index contributed by atoms with van der Waals surface area (Å²) in [6, 6.07) is 13.2. The van der Waals surface area contributed by atoms with E-state index in [1.165, 1.54) is 6.21 Å². The fourth-order valence-corrected chi connectivity index (χ4v) is 3.52. The largest absolute Gasteiger partial charge is 0.496 e. The summed E-state index contributed by atoms with van der Waals surface area (Å²) in [6.07, 6.45) is 5.06. The van der Waals surface area contributed by atoms with E-state index in [-0.39, 0.29) is 11.6 Å². The molecule has 132 valence electrons. The predicted molar refractivity (Wildman–Crippen MR) is 108 cm³/mol. The first-order valence-corrected chi connectivity index (χ1v) is 9.22. The van der Waals surface area contributed by atoms with Crippen LogP contribution in [0.5, 0.6) is 5.75 Å². The number of halogens is 1. The number of hydrazone groups is 1. The van der Waals surface area contributed by atoms with E-state index in [4.69, 9.17) is 4.74 Å². The van der Waals surface area contributed by atoms with Crippen LogP contribution in [0.25, 0.3) is 16.6 Å². The quantitative estimate of drug-likeness (QED) is 0.450. The topological polar surface area (TPSA) is 79.4 Å². The highest BCUT2D eigenvalue weighted by Gasteiger charge is 2.11. The second-order valence-corrected chi connectivity index (χ2v) is 7.55. The molecular formula is C18H15BrN4O2S. The Morgan fingerprint density at radius 1 is 1.35 bits per heavy atom. The molecule has 2 aromatic heterocycles. The molecule has 1 aromatic carbocycles. The van der Waals surface area contributed by atoms with Gasteiger partial charge in [-0.3, -0.25) is 9.89 Å².